The van der Waals surface area contributed by atoms with E-state index in [0.29, 0.717) is 0 Å². The quantitative estimate of drug-likeness (QED) is 0.710. The molecule has 2 nitrogen and oxygen atoms in total. The van der Waals surface area contributed by atoms with Crippen LogP contribution in [-0.2, 0) is 5.92 Å². The summed E-state index contributed by atoms with van der Waals surface area (Å²) in [5, 5.41) is 0. The van der Waals surface area contributed by atoms with E-state index in [1.54, 1.807) is 0 Å². The maximum absolute atomic E-state index is 14.0. The third-order valence-electron chi connectivity index (χ3n) is 3.63. The lowest BCUT2D eigenvalue weighted by Crippen LogP contribution is -2.36. The molecule has 136 valence electrons. The Morgan fingerprint density at radius 2 is 1.71 bits per heavy atom. The highest BCUT2D eigenvalue weighted by molar-refractivity contribution is 5.51. The van der Waals surface area contributed by atoms with E-state index in [-0.39, 0.29) is 6.20 Å². The highest BCUT2D eigenvalue weighted by atomic mass is 19.4. The SMILES string of the molecule is C[C@H]1c2c(C(F)(F)C(F)(F)F)ncc(OCC(F)F)c2[C@@H](F)[C@H]1F. The van der Waals surface area contributed by atoms with Crippen LogP contribution >= 0.6 is 0 Å². The summed E-state index contributed by atoms with van der Waals surface area (Å²) in [4.78, 5) is 2.91. The molecule has 0 aromatic carbocycles. The number of nitrogens with zero attached hydrogens (tertiary/aromatic N) is 1. The highest BCUT2D eigenvalue weighted by Gasteiger charge is 2.62. The Labute approximate surface area is 129 Å². The number of fused-ring (bicyclic) bond motifs is 1. The lowest BCUT2D eigenvalue weighted by molar-refractivity contribution is -0.291. The second-order valence-electron chi connectivity index (χ2n) is 5.21. The van der Waals surface area contributed by atoms with E-state index in [2.05, 4.69) is 9.72 Å². The third kappa shape index (κ3) is 2.88. The number of hydrogen-bond acceptors (Lipinski definition) is 2. The molecule has 0 fully saturated rings. The number of rotatable bonds is 4. The largest absolute Gasteiger partial charge is 0.486 e. The van der Waals surface area contributed by atoms with Crippen molar-refractivity contribution in [3.05, 3.63) is 23.0 Å². The molecule has 0 aliphatic heterocycles. The first-order valence-corrected chi connectivity index (χ1v) is 6.56. The zero-order valence-corrected chi connectivity index (χ0v) is 11.9. The lowest BCUT2D eigenvalue weighted by atomic mass is 9.97. The molecule has 1 heterocycles. The van der Waals surface area contributed by atoms with Crippen molar-refractivity contribution >= 4 is 0 Å². The molecule has 0 amide bonds. The van der Waals surface area contributed by atoms with Crippen molar-refractivity contribution in [1.82, 2.24) is 4.98 Å². The van der Waals surface area contributed by atoms with E-state index in [4.69, 9.17) is 0 Å². The molecule has 0 saturated carbocycles. The van der Waals surface area contributed by atoms with Gasteiger partial charge >= 0.3 is 12.1 Å². The number of hydrogen-bond donors (Lipinski definition) is 0. The van der Waals surface area contributed by atoms with Crippen LogP contribution in [0.1, 0.15) is 35.8 Å². The molecule has 1 aromatic heterocycles. The fourth-order valence-corrected chi connectivity index (χ4v) is 2.49. The van der Waals surface area contributed by atoms with Crippen molar-refractivity contribution in [2.24, 2.45) is 0 Å². The van der Waals surface area contributed by atoms with Gasteiger partial charge in [-0.05, 0) is 5.56 Å². The van der Waals surface area contributed by atoms with Gasteiger partial charge in [0, 0.05) is 11.5 Å². The van der Waals surface area contributed by atoms with Crippen molar-refractivity contribution in [3.8, 4) is 5.75 Å². The zero-order chi connectivity index (χ0) is 18.4. The molecule has 1 aliphatic rings. The molecule has 0 saturated heterocycles. The van der Waals surface area contributed by atoms with Crippen molar-refractivity contribution in [3.63, 3.8) is 0 Å². The molecular weight excluding hydrogens is 357 g/mol. The molecule has 11 heteroatoms. The molecule has 0 bridgehead atoms. The third-order valence-corrected chi connectivity index (χ3v) is 3.63. The number of alkyl halides is 9. The summed E-state index contributed by atoms with van der Waals surface area (Å²) in [6, 6.07) is 0. The average Bonchev–Trinajstić information content (AvgIpc) is 2.69. The highest BCUT2D eigenvalue weighted by Crippen LogP contribution is 2.54. The van der Waals surface area contributed by atoms with Crippen molar-refractivity contribution in [1.29, 1.82) is 0 Å². The minimum absolute atomic E-state index is 0.271. The summed E-state index contributed by atoms with van der Waals surface area (Å²) < 4.78 is 122. The number of pyridine rings is 1. The van der Waals surface area contributed by atoms with Crippen LogP contribution in [0.2, 0.25) is 0 Å². The summed E-state index contributed by atoms with van der Waals surface area (Å²) >= 11 is 0. The van der Waals surface area contributed by atoms with Gasteiger partial charge in [-0.15, -0.1) is 0 Å². The van der Waals surface area contributed by atoms with E-state index in [0.717, 1.165) is 6.92 Å². The molecule has 3 atom stereocenters. The minimum atomic E-state index is -6.04. The van der Waals surface area contributed by atoms with Gasteiger partial charge in [-0.1, -0.05) is 6.92 Å². The summed E-state index contributed by atoms with van der Waals surface area (Å²) in [5.41, 5.74) is -3.81. The van der Waals surface area contributed by atoms with Crippen molar-refractivity contribution in [2.75, 3.05) is 6.61 Å². The topological polar surface area (TPSA) is 22.1 Å². The van der Waals surface area contributed by atoms with E-state index >= 15 is 0 Å². The summed E-state index contributed by atoms with van der Waals surface area (Å²) in [5.74, 6) is -7.93. The Bertz CT molecular complexity index is 616. The second kappa shape index (κ2) is 5.99. The van der Waals surface area contributed by atoms with Crippen molar-refractivity contribution < 1.29 is 44.3 Å². The molecule has 0 radical (unpaired) electrons. The Balaban J connectivity index is 2.62. The van der Waals surface area contributed by atoms with Crippen LogP contribution in [-0.4, -0.2) is 30.4 Å². The van der Waals surface area contributed by atoms with Gasteiger partial charge in [0.1, 0.15) is 24.2 Å². The van der Waals surface area contributed by atoms with E-state index in [9.17, 15) is 39.5 Å². The predicted octanol–water partition coefficient (Wildman–Crippen LogP) is 4.85. The second-order valence-corrected chi connectivity index (χ2v) is 5.21. The van der Waals surface area contributed by atoms with Crippen LogP contribution in [0.4, 0.5) is 39.5 Å². The molecule has 0 unspecified atom stereocenters. The first-order chi connectivity index (χ1) is 10.9. The number of ether oxygens (including phenoxy) is 1. The molecule has 1 aliphatic carbocycles. The first kappa shape index (κ1) is 18.7. The van der Waals surface area contributed by atoms with Crippen LogP contribution in [0.25, 0.3) is 0 Å². The molecular formula is C13H10F9NO. The van der Waals surface area contributed by atoms with Gasteiger partial charge in [0.2, 0.25) is 0 Å². The monoisotopic (exact) mass is 367 g/mol. The maximum atomic E-state index is 14.0. The Morgan fingerprint density at radius 3 is 2.21 bits per heavy atom. The Morgan fingerprint density at radius 1 is 1.12 bits per heavy atom. The van der Waals surface area contributed by atoms with Crippen LogP contribution in [0.3, 0.4) is 0 Å². The van der Waals surface area contributed by atoms with E-state index in [1.807, 2.05) is 0 Å². The predicted molar refractivity (Wildman–Crippen MR) is 62.8 cm³/mol. The van der Waals surface area contributed by atoms with Crippen molar-refractivity contribution in [2.45, 2.75) is 43.7 Å². The maximum Gasteiger partial charge on any atom is 0.459 e. The van der Waals surface area contributed by atoms with Gasteiger partial charge in [0.05, 0.1) is 6.20 Å². The molecule has 0 N–H and O–H groups in total. The summed E-state index contributed by atoms with van der Waals surface area (Å²) in [7, 11) is 0. The number of halogens is 9. The summed E-state index contributed by atoms with van der Waals surface area (Å²) in [6.07, 6.45) is -13.8. The zero-order valence-electron chi connectivity index (χ0n) is 11.9. The Kier molecular flexibility index (Phi) is 4.66. The van der Waals surface area contributed by atoms with E-state index in [1.165, 1.54) is 0 Å². The van der Waals surface area contributed by atoms with Gasteiger partial charge in [0.15, 0.2) is 6.17 Å². The van der Waals surface area contributed by atoms with Gasteiger partial charge < -0.3 is 4.74 Å². The molecule has 2 rings (SSSR count). The molecule has 0 spiro atoms. The van der Waals surface area contributed by atoms with Crippen LogP contribution in [0.5, 0.6) is 5.75 Å². The summed E-state index contributed by atoms with van der Waals surface area (Å²) in [6.45, 7) is -0.376. The average molecular weight is 367 g/mol. The standard InChI is InChI=1S/C13H10F9NO/c1-4-7-8(10(17)9(4)16)5(24-3-6(14)15)2-23-11(7)12(18,19)13(20,21)22/h2,4,6,9-10H,3H2,1H3/t4-,9-,10+/m0/s1. The lowest BCUT2D eigenvalue weighted by Gasteiger charge is -2.23. The molecule has 1 aromatic rings. The van der Waals surface area contributed by atoms with Crippen LogP contribution in [0, 0.1) is 0 Å². The van der Waals surface area contributed by atoms with Gasteiger partial charge in [-0.2, -0.15) is 22.0 Å². The first-order valence-electron chi connectivity index (χ1n) is 6.56. The molecule has 24 heavy (non-hydrogen) atoms. The minimum Gasteiger partial charge on any atom is -0.486 e. The fraction of sp³-hybridized carbons (Fsp3) is 0.615. The number of aromatic nitrogens is 1. The van der Waals surface area contributed by atoms with Gasteiger partial charge in [-0.25, -0.2) is 17.6 Å². The fourth-order valence-electron chi connectivity index (χ4n) is 2.49. The van der Waals surface area contributed by atoms with E-state index < -0.39 is 66.0 Å². The van der Waals surface area contributed by atoms with Gasteiger partial charge in [0.25, 0.3) is 6.43 Å². The van der Waals surface area contributed by atoms with Crippen LogP contribution < -0.4 is 4.74 Å². The van der Waals surface area contributed by atoms with Gasteiger partial charge in [-0.3, -0.25) is 4.98 Å². The Hall–Kier alpha value is -1.68. The van der Waals surface area contributed by atoms with Crippen LogP contribution in [0.15, 0.2) is 6.20 Å². The normalized spacial score (nSPS) is 24.4. The smallest absolute Gasteiger partial charge is 0.459 e.